The van der Waals surface area contributed by atoms with Crippen LogP contribution in [-0.2, 0) is 30.6 Å². The third-order valence-corrected chi connectivity index (χ3v) is 10.3. The number of piperidine rings is 2. The fraction of sp³-hybridized carbons (Fsp3) is 0.458. The van der Waals surface area contributed by atoms with Gasteiger partial charge in [-0.15, -0.1) is 0 Å². The summed E-state index contributed by atoms with van der Waals surface area (Å²) in [4.78, 5) is 12.9. The molecule has 8 nitrogen and oxygen atoms in total. The highest BCUT2D eigenvalue weighted by Crippen LogP contribution is 2.25. The van der Waals surface area contributed by atoms with Gasteiger partial charge in [-0.3, -0.25) is 4.79 Å². The third-order valence-electron chi connectivity index (χ3n) is 6.59. The summed E-state index contributed by atoms with van der Waals surface area (Å²) in [5.41, 5.74) is 0.611. The van der Waals surface area contributed by atoms with E-state index < -0.39 is 31.6 Å². The van der Waals surface area contributed by atoms with Gasteiger partial charge in [0.15, 0.2) is 0 Å². The Morgan fingerprint density at radius 2 is 1.49 bits per heavy atom. The number of carbonyl (C=O) groups excluding carboxylic acids is 1. The highest BCUT2D eigenvalue weighted by molar-refractivity contribution is 7.89. The number of nitrogens with zero attached hydrogens (tertiary/aromatic N) is 2. The van der Waals surface area contributed by atoms with E-state index in [2.05, 4.69) is 5.32 Å². The second kappa shape index (κ2) is 10.7. The maximum Gasteiger partial charge on any atom is 0.243 e. The van der Waals surface area contributed by atoms with Crippen molar-refractivity contribution in [2.45, 2.75) is 42.8 Å². The van der Waals surface area contributed by atoms with E-state index in [1.807, 2.05) is 0 Å². The Labute approximate surface area is 206 Å². The zero-order valence-electron chi connectivity index (χ0n) is 19.4. The summed E-state index contributed by atoms with van der Waals surface area (Å²) in [7, 11) is -7.23. The fourth-order valence-corrected chi connectivity index (χ4v) is 7.60. The lowest BCUT2D eigenvalue weighted by Crippen LogP contribution is -2.42. The molecule has 2 aliphatic heterocycles. The zero-order valence-corrected chi connectivity index (χ0v) is 21.0. The van der Waals surface area contributed by atoms with Crippen LogP contribution in [0, 0.1) is 11.7 Å². The zero-order chi connectivity index (χ0) is 25.1. The highest BCUT2D eigenvalue weighted by Gasteiger charge is 2.32. The molecule has 0 spiro atoms. The average molecular weight is 524 g/mol. The predicted molar refractivity (Wildman–Crippen MR) is 131 cm³/mol. The van der Waals surface area contributed by atoms with E-state index in [1.54, 1.807) is 18.2 Å². The number of nitrogens with one attached hydrogen (secondary N) is 1. The van der Waals surface area contributed by atoms with Crippen molar-refractivity contribution in [1.82, 2.24) is 8.61 Å². The molecular weight excluding hydrogens is 493 g/mol. The van der Waals surface area contributed by atoms with Crippen LogP contribution in [0.4, 0.5) is 10.1 Å². The van der Waals surface area contributed by atoms with Gasteiger partial charge in [0.2, 0.25) is 26.0 Å². The number of carbonyl (C=O) groups is 1. The summed E-state index contributed by atoms with van der Waals surface area (Å²) in [6.45, 7) is 1.41. The van der Waals surface area contributed by atoms with E-state index in [-0.39, 0.29) is 35.4 Å². The van der Waals surface area contributed by atoms with E-state index in [9.17, 15) is 26.0 Å². The lowest BCUT2D eigenvalue weighted by Gasteiger charge is -2.30. The Balaban J connectivity index is 1.31. The molecule has 2 fully saturated rings. The number of rotatable bonds is 7. The molecule has 0 radical (unpaired) electrons. The topological polar surface area (TPSA) is 104 Å². The van der Waals surface area contributed by atoms with Crippen molar-refractivity contribution >= 4 is 31.6 Å². The molecule has 11 heteroatoms. The van der Waals surface area contributed by atoms with Crippen molar-refractivity contribution in [2.75, 3.05) is 31.5 Å². The molecule has 0 aromatic heterocycles. The molecule has 0 unspecified atom stereocenters. The molecule has 2 aromatic carbocycles. The molecule has 190 valence electrons. The first-order chi connectivity index (χ1) is 16.7. The second-order valence-corrected chi connectivity index (χ2v) is 12.9. The molecule has 35 heavy (non-hydrogen) atoms. The minimum absolute atomic E-state index is 0.123. The minimum Gasteiger partial charge on any atom is -0.326 e. The second-order valence-electron chi connectivity index (χ2n) is 9.00. The molecule has 0 aliphatic carbocycles. The van der Waals surface area contributed by atoms with Crippen molar-refractivity contribution in [2.24, 2.45) is 5.92 Å². The number of sulfonamides is 2. The van der Waals surface area contributed by atoms with Crippen LogP contribution in [0.5, 0.6) is 0 Å². The Morgan fingerprint density at radius 1 is 0.857 bits per heavy atom. The Kier molecular flexibility index (Phi) is 7.89. The molecule has 1 N–H and O–H groups in total. The molecule has 4 rings (SSSR count). The molecule has 0 saturated carbocycles. The van der Waals surface area contributed by atoms with Crippen LogP contribution in [0.2, 0.25) is 0 Å². The van der Waals surface area contributed by atoms with Gasteiger partial charge in [-0.25, -0.2) is 25.5 Å². The number of hydrogen-bond acceptors (Lipinski definition) is 5. The molecule has 2 saturated heterocycles. The standard InChI is InChI=1S/C24H30FN3O5S2/c25-23-7-3-2-6-20(23)18-34(30,31)27-16-12-19(13-17-27)24(29)26-21-8-10-22(11-9-21)35(32,33)28-14-4-1-5-15-28/h2-3,6-11,19H,1,4-5,12-18H2,(H,26,29). The van der Waals surface area contributed by atoms with Crippen LogP contribution in [-0.4, -0.2) is 57.5 Å². The van der Waals surface area contributed by atoms with Gasteiger partial charge >= 0.3 is 0 Å². The van der Waals surface area contributed by atoms with Crippen LogP contribution < -0.4 is 5.32 Å². The SMILES string of the molecule is O=C(Nc1ccc(S(=O)(=O)N2CCCCC2)cc1)C1CCN(S(=O)(=O)Cc2ccccc2F)CC1. The van der Waals surface area contributed by atoms with Gasteiger partial charge in [-0.1, -0.05) is 24.6 Å². The summed E-state index contributed by atoms with van der Waals surface area (Å²) in [6.07, 6.45) is 3.45. The molecule has 2 aliphatic rings. The monoisotopic (exact) mass is 523 g/mol. The van der Waals surface area contributed by atoms with Crippen LogP contribution in [0.25, 0.3) is 0 Å². The van der Waals surface area contributed by atoms with Crippen LogP contribution in [0.1, 0.15) is 37.7 Å². The van der Waals surface area contributed by atoms with Gasteiger partial charge < -0.3 is 5.32 Å². The maximum atomic E-state index is 13.9. The summed E-state index contributed by atoms with van der Waals surface area (Å²) in [6, 6.07) is 11.9. The highest BCUT2D eigenvalue weighted by atomic mass is 32.2. The van der Waals surface area contributed by atoms with Crippen molar-refractivity contribution in [3.05, 3.63) is 59.9 Å². The number of amides is 1. The van der Waals surface area contributed by atoms with Crippen molar-refractivity contribution in [3.63, 3.8) is 0 Å². The van der Waals surface area contributed by atoms with E-state index >= 15 is 0 Å². The Bertz CT molecular complexity index is 1250. The van der Waals surface area contributed by atoms with Crippen LogP contribution in [0.15, 0.2) is 53.4 Å². The van der Waals surface area contributed by atoms with Gasteiger partial charge in [-0.2, -0.15) is 4.31 Å². The molecule has 2 aromatic rings. The number of benzene rings is 2. The first-order valence-corrected chi connectivity index (χ1v) is 14.8. The first kappa shape index (κ1) is 25.7. The van der Waals surface area contributed by atoms with Gasteiger partial charge in [0, 0.05) is 43.3 Å². The first-order valence-electron chi connectivity index (χ1n) is 11.8. The van der Waals surface area contributed by atoms with Crippen molar-refractivity contribution < 1.29 is 26.0 Å². The van der Waals surface area contributed by atoms with E-state index in [0.717, 1.165) is 19.3 Å². The van der Waals surface area contributed by atoms with Gasteiger partial charge in [-0.05, 0) is 56.0 Å². The van der Waals surface area contributed by atoms with Crippen molar-refractivity contribution in [1.29, 1.82) is 0 Å². The molecular formula is C24H30FN3O5S2. The van der Waals surface area contributed by atoms with Crippen LogP contribution >= 0.6 is 0 Å². The summed E-state index contributed by atoms with van der Waals surface area (Å²) >= 11 is 0. The molecule has 0 bridgehead atoms. The van der Waals surface area contributed by atoms with E-state index in [4.69, 9.17) is 0 Å². The van der Waals surface area contributed by atoms with Gasteiger partial charge in [0.1, 0.15) is 5.82 Å². The number of halogens is 1. The number of hydrogen-bond donors (Lipinski definition) is 1. The normalized spacial score (nSPS) is 18.9. The summed E-state index contributed by atoms with van der Waals surface area (Å²) < 4.78 is 67.7. The number of anilines is 1. The van der Waals surface area contributed by atoms with E-state index in [0.29, 0.717) is 31.6 Å². The molecule has 0 atom stereocenters. The fourth-order valence-electron chi connectivity index (χ4n) is 4.51. The smallest absolute Gasteiger partial charge is 0.243 e. The Hall–Kier alpha value is -2.34. The van der Waals surface area contributed by atoms with Gasteiger partial charge in [0.25, 0.3) is 0 Å². The molecule has 1 amide bonds. The largest absolute Gasteiger partial charge is 0.326 e. The summed E-state index contributed by atoms with van der Waals surface area (Å²) in [5, 5.41) is 2.81. The molecule has 2 heterocycles. The lowest BCUT2D eigenvalue weighted by molar-refractivity contribution is -0.120. The van der Waals surface area contributed by atoms with E-state index in [1.165, 1.54) is 38.9 Å². The van der Waals surface area contributed by atoms with Crippen molar-refractivity contribution in [3.8, 4) is 0 Å². The average Bonchev–Trinajstić information content (AvgIpc) is 2.86. The maximum absolute atomic E-state index is 13.9. The predicted octanol–water partition coefficient (Wildman–Crippen LogP) is 3.18. The van der Waals surface area contributed by atoms with Crippen LogP contribution in [0.3, 0.4) is 0 Å². The third kappa shape index (κ3) is 6.08. The quantitative estimate of drug-likeness (QED) is 0.600. The minimum atomic E-state index is -3.69. The Morgan fingerprint density at radius 3 is 2.11 bits per heavy atom. The van der Waals surface area contributed by atoms with Gasteiger partial charge in [0.05, 0.1) is 10.6 Å². The lowest BCUT2D eigenvalue weighted by atomic mass is 9.97. The summed E-state index contributed by atoms with van der Waals surface area (Å²) in [5.74, 6) is -1.57.